The quantitative estimate of drug-likeness (QED) is 0.675. The fourth-order valence-electron chi connectivity index (χ4n) is 3.69. The minimum atomic E-state index is -1.17. The highest BCUT2D eigenvalue weighted by Crippen LogP contribution is 2.41. The van der Waals surface area contributed by atoms with Gasteiger partial charge in [0.15, 0.2) is 17.4 Å². The second-order valence-electron chi connectivity index (χ2n) is 7.43. The lowest BCUT2D eigenvalue weighted by atomic mass is 10.00. The van der Waals surface area contributed by atoms with E-state index in [1.807, 2.05) is 18.3 Å². The van der Waals surface area contributed by atoms with Gasteiger partial charge in [0.25, 0.3) is 0 Å². The predicted octanol–water partition coefficient (Wildman–Crippen LogP) is 1.84. The molecule has 3 aliphatic rings. The zero-order chi connectivity index (χ0) is 18.6. The topological polar surface area (TPSA) is 83.5 Å². The molecule has 1 aliphatic carbocycles. The van der Waals surface area contributed by atoms with E-state index in [1.54, 1.807) is 13.8 Å². The molecule has 27 heavy (non-hydrogen) atoms. The van der Waals surface area contributed by atoms with E-state index in [-0.39, 0.29) is 6.04 Å². The fourth-order valence-corrected chi connectivity index (χ4v) is 3.69. The molecule has 1 fully saturated rings. The Kier molecular flexibility index (Phi) is 3.54. The van der Waals surface area contributed by atoms with Gasteiger partial charge in [0.1, 0.15) is 17.9 Å². The minimum absolute atomic E-state index is 0.113. The van der Waals surface area contributed by atoms with Crippen LogP contribution in [0.2, 0.25) is 0 Å². The van der Waals surface area contributed by atoms with E-state index in [4.69, 9.17) is 14.5 Å². The standard InChI is InChI=1S/C20H20N4O3/c1-20(2,25)17-16-19(24-8-9-26-10-12(24)11-27-16)23-18(22-17)14-4-3-5-15-13(14)6-7-21-15/h5-7,12,21,25H,8-11H2,1-2H3. The van der Waals surface area contributed by atoms with E-state index in [9.17, 15) is 5.11 Å². The van der Waals surface area contributed by atoms with Crippen LogP contribution < -0.4 is 9.64 Å². The highest BCUT2D eigenvalue weighted by Gasteiger charge is 2.37. The molecule has 7 nitrogen and oxygen atoms in total. The van der Waals surface area contributed by atoms with Crippen LogP contribution in [0.25, 0.3) is 11.6 Å². The van der Waals surface area contributed by atoms with Crippen LogP contribution in [0.3, 0.4) is 0 Å². The fraction of sp³-hybridized carbons (Fsp3) is 0.400. The van der Waals surface area contributed by atoms with E-state index in [2.05, 4.69) is 26.3 Å². The van der Waals surface area contributed by atoms with Crippen LogP contribution in [-0.2, 0) is 10.3 Å². The largest absolute Gasteiger partial charge is 0.485 e. The highest BCUT2D eigenvalue weighted by molar-refractivity contribution is 5.83. The molecule has 0 saturated carbocycles. The van der Waals surface area contributed by atoms with E-state index in [0.717, 1.165) is 23.4 Å². The number of H-pyrrole nitrogens is 1. The van der Waals surface area contributed by atoms with E-state index in [0.29, 0.717) is 42.9 Å². The molecule has 7 heteroatoms. The van der Waals surface area contributed by atoms with E-state index >= 15 is 0 Å². The van der Waals surface area contributed by atoms with Crippen molar-refractivity contribution in [1.82, 2.24) is 15.0 Å². The van der Waals surface area contributed by atoms with Crippen LogP contribution in [0.15, 0.2) is 23.7 Å². The molecule has 2 N–H and O–H groups in total. The zero-order valence-electron chi connectivity index (χ0n) is 15.2. The summed E-state index contributed by atoms with van der Waals surface area (Å²) < 4.78 is 11.6. The first-order valence-electron chi connectivity index (χ1n) is 9.04. The predicted molar refractivity (Wildman–Crippen MR) is 99.5 cm³/mol. The maximum absolute atomic E-state index is 10.7. The maximum atomic E-state index is 10.7. The first-order valence-corrected chi connectivity index (χ1v) is 9.04. The third-order valence-corrected chi connectivity index (χ3v) is 5.03. The number of morpholine rings is 1. The molecule has 1 atom stereocenters. The van der Waals surface area contributed by atoms with Crippen LogP contribution >= 0.6 is 0 Å². The molecule has 4 heterocycles. The van der Waals surface area contributed by atoms with Gasteiger partial charge in [-0.25, -0.2) is 9.97 Å². The van der Waals surface area contributed by atoms with Crippen molar-refractivity contribution in [1.29, 1.82) is 0 Å². The molecule has 0 radical (unpaired) electrons. The Hall–Kier alpha value is -2.82. The van der Waals surface area contributed by atoms with Crippen LogP contribution in [0, 0.1) is 0 Å². The van der Waals surface area contributed by atoms with Gasteiger partial charge in [0.2, 0.25) is 0 Å². The van der Waals surface area contributed by atoms with Crippen molar-refractivity contribution < 1.29 is 14.6 Å². The number of nitrogens with one attached hydrogen (secondary N) is 1. The molecular formula is C20H20N4O3. The number of hydrogen-bond acceptors (Lipinski definition) is 6. The molecule has 0 bridgehead atoms. The van der Waals surface area contributed by atoms with Crippen molar-refractivity contribution in [2.45, 2.75) is 25.5 Å². The molecule has 1 saturated heterocycles. The van der Waals surface area contributed by atoms with Gasteiger partial charge >= 0.3 is 0 Å². The van der Waals surface area contributed by atoms with Crippen molar-refractivity contribution in [3.8, 4) is 5.75 Å². The van der Waals surface area contributed by atoms with Gasteiger partial charge in [-0.05, 0) is 19.9 Å². The van der Waals surface area contributed by atoms with Crippen molar-refractivity contribution >= 4 is 17.5 Å². The number of ether oxygens (including phenoxy) is 2. The Labute approximate surface area is 156 Å². The zero-order valence-corrected chi connectivity index (χ0v) is 15.2. The number of anilines is 1. The second-order valence-corrected chi connectivity index (χ2v) is 7.43. The Morgan fingerprint density at radius 1 is 1.33 bits per heavy atom. The lowest BCUT2D eigenvalue weighted by Crippen LogP contribution is -2.52. The average Bonchev–Trinajstić information content (AvgIpc) is 3.15. The van der Waals surface area contributed by atoms with Crippen molar-refractivity contribution in [3.05, 3.63) is 46.5 Å². The van der Waals surface area contributed by atoms with Gasteiger partial charge in [0, 0.05) is 24.4 Å². The summed E-state index contributed by atoms with van der Waals surface area (Å²) in [5, 5.41) is 10.7. The van der Waals surface area contributed by atoms with Crippen molar-refractivity contribution in [3.63, 3.8) is 0 Å². The van der Waals surface area contributed by atoms with Gasteiger partial charge in [-0.15, -0.1) is 0 Å². The lowest BCUT2D eigenvalue weighted by Gasteiger charge is -2.41. The number of rotatable bonds is 2. The van der Waals surface area contributed by atoms with Crippen LogP contribution in [0.1, 0.15) is 36.6 Å². The van der Waals surface area contributed by atoms with Crippen molar-refractivity contribution in [2.24, 2.45) is 0 Å². The molecule has 138 valence electrons. The molecule has 0 spiro atoms. The Balaban J connectivity index is 1.73. The van der Waals surface area contributed by atoms with Gasteiger partial charge in [0.05, 0.1) is 30.5 Å². The lowest BCUT2D eigenvalue weighted by molar-refractivity contribution is 0.0561. The van der Waals surface area contributed by atoms with Gasteiger partial charge in [-0.1, -0.05) is 11.5 Å². The number of aliphatic hydroxyl groups is 1. The van der Waals surface area contributed by atoms with Crippen LogP contribution in [-0.4, -0.2) is 52.5 Å². The summed E-state index contributed by atoms with van der Waals surface area (Å²) in [7, 11) is 0. The summed E-state index contributed by atoms with van der Waals surface area (Å²) in [5.74, 6) is 1.76. The highest BCUT2D eigenvalue weighted by atomic mass is 16.5. The number of fused-ring (bicyclic) bond motifs is 4. The molecule has 2 aliphatic heterocycles. The normalized spacial score (nSPS) is 20.5. The minimum Gasteiger partial charge on any atom is -0.485 e. The van der Waals surface area contributed by atoms with Gasteiger partial charge in [-0.3, -0.25) is 0 Å². The second kappa shape index (κ2) is 5.84. The van der Waals surface area contributed by atoms with Crippen LogP contribution in [0.4, 0.5) is 5.82 Å². The third-order valence-electron chi connectivity index (χ3n) is 5.03. The molecule has 0 amide bonds. The van der Waals surface area contributed by atoms with E-state index in [1.165, 1.54) is 0 Å². The molecule has 2 aromatic rings. The van der Waals surface area contributed by atoms with E-state index < -0.39 is 5.60 Å². The monoisotopic (exact) mass is 364 g/mol. The third kappa shape index (κ3) is 2.60. The van der Waals surface area contributed by atoms with Gasteiger partial charge in [-0.2, -0.15) is 0 Å². The Morgan fingerprint density at radius 2 is 2.22 bits per heavy atom. The SMILES string of the molecule is CC(C)(O)c1nc(C2=C=C=Cc3[nH]ccc32)nc2c1OCC1COCCN21. The maximum Gasteiger partial charge on any atom is 0.186 e. The summed E-state index contributed by atoms with van der Waals surface area (Å²) in [6.45, 7) is 5.88. The first kappa shape index (κ1) is 16.4. The Bertz CT molecular complexity index is 1020. The molecule has 1 unspecified atom stereocenters. The summed E-state index contributed by atoms with van der Waals surface area (Å²) >= 11 is 0. The number of nitrogens with zero attached hydrogens (tertiary/aromatic N) is 3. The molecular weight excluding hydrogens is 344 g/mol. The smallest absolute Gasteiger partial charge is 0.186 e. The first-order chi connectivity index (χ1) is 13.0. The Morgan fingerprint density at radius 3 is 3.07 bits per heavy atom. The summed E-state index contributed by atoms with van der Waals surface area (Å²) in [6, 6.07) is 2.08. The molecule has 5 rings (SSSR count). The number of aromatic nitrogens is 3. The van der Waals surface area contributed by atoms with Gasteiger partial charge < -0.3 is 24.5 Å². The number of hydrogen-bond donors (Lipinski definition) is 2. The average molecular weight is 364 g/mol. The summed E-state index contributed by atoms with van der Waals surface area (Å²) in [4.78, 5) is 14.9. The van der Waals surface area contributed by atoms with Crippen molar-refractivity contribution in [2.75, 3.05) is 31.3 Å². The van der Waals surface area contributed by atoms with Crippen LogP contribution in [0.5, 0.6) is 5.75 Å². The molecule has 0 aromatic carbocycles. The summed E-state index contributed by atoms with van der Waals surface area (Å²) in [6.07, 6.45) is 3.71. The summed E-state index contributed by atoms with van der Waals surface area (Å²) in [5.41, 5.74) is 8.12. The number of aromatic amines is 1. The molecule has 2 aromatic heterocycles.